The predicted octanol–water partition coefficient (Wildman–Crippen LogP) is 4.36. The first kappa shape index (κ1) is 13.6. The fourth-order valence-electron chi connectivity index (χ4n) is 2.27. The molecule has 0 bridgehead atoms. The van der Waals surface area contributed by atoms with Gasteiger partial charge in [0.05, 0.1) is 0 Å². The molecule has 2 aromatic carbocycles. The summed E-state index contributed by atoms with van der Waals surface area (Å²) in [7, 11) is 0. The van der Waals surface area contributed by atoms with Crippen LogP contribution < -0.4 is 10.5 Å². The smallest absolute Gasteiger partial charge is 0.153 e. The first-order chi connectivity index (χ1) is 10.1. The lowest BCUT2D eigenvalue weighted by Crippen LogP contribution is -2.04. The molecule has 0 amide bonds. The number of benzene rings is 2. The highest BCUT2D eigenvalue weighted by atomic mass is 16.5. The third kappa shape index (κ3) is 2.88. The van der Waals surface area contributed by atoms with Gasteiger partial charge in [-0.2, -0.15) is 0 Å². The van der Waals surface area contributed by atoms with Gasteiger partial charge in [-0.25, -0.2) is 4.98 Å². The molecule has 2 N–H and O–H groups in total. The maximum absolute atomic E-state index is 5.98. The van der Waals surface area contributed by atoms with Crippen molar-refractivity contribution in [2.45, 2.75) is 19.9 Å². The molecule has 0 saturated carbocycles. The normalized spacial score (nSPS) is 12.3. The lowest BCUT2D eigenvalue weighted by Gasteiger charge is -2.10. The Bertz CT molecular complexity index is 764. The molecule has 106 valence electrons. The molecule has 1 atom stereocenters. The number of nitrogens with zero attached hydrogens (tertiary/aromatic N) is 1. The molecule has 3 nitrogen and oxygen atoms in total. The fourth-order valence-corrected chi connectivity index (χ4v) is 2.27. The van der Waals surface area contributed by atoms with E-state index in [1.165, 1.54) is 0 Å². The van der Waals surface area contributed by atoms with Gasteiger partial charge in [-0.15, -0.1) is 0 Å². The third-order valence-electron chi connectivity index (χ3n) is 3.46. The second-order valence-corrected chi connectivity index (χ2v) is 5.24. The Morgan fingerprint density at radius 1 is 1.00 bits per heavy atom. The van der Waals surface area contributed by atoms with Gasteiger partial charge < -0.3 is 10.5 Å². The zero-order valence-corrected chi connectivity index (χ0v) is 12.2. The summed E-state index contributed by atoms with van der Waals surface area (Å²) in [4.78, 5) is 4.57. The van der Waals surface area contributed by atoms with Crippen LogP contribution in [-0.4, -0.2) is 4.98 Å². The molecule has 0 aliphatic carbocycles. The van der Waals surface area contributed by atoms with Crippen molar-refractivity contribution in [1.82, 2.24) is 4.98 Å². The molecule has 1 heterocycles. The molecule has 1 unspecified atom stereocenters. The second kappa shape index (κ2) is 5.54. The third-order valence-corrected chi connectivity index (χ3v) is 3.46. The van der Waals surface area contributed by atoms with Crippen molar-refractivity contribution >= 4 is 10.9 Å². The van der Waals surface area contributed by atoms with E-state index in [4.69, 9.17) is 10.5 Å². The van der Waals surface area contributed by atoms with E-state index in [9.17, 15) is 0 Å². The van der Waals surface area contributed by atoms with Crippen LogP contribution in [0.3, 0.4) is 0 Å². The molecule has 0 fully saturated rings. The molecule has 0 saturated heterocycles. The molecular formula is C18H18N2O. The van der Waals surface area contributed by atoms with E-state index in [1.54, 1.807) is 0 Å². The summed E-state index contributed by atoms with van der Waals surface area (Å²) in [5, 5.41) is 1.07. The number of hydrogen-bond donors (Lipinski definition) is 1. The second-order valence-electron chi connectivity index (χ2n) is 5.24. The van der Waals surface area contributed by atoms with Crippen molar-refractivity contribution in [2.75, 3.05) is 0 Å². The van der Waals surface area contributed by atoms with Crippen molar-refractivity contribution in [3.05, 3.63) is 65.9 Å². The molecule has 0 aliphatic heterocycles. The quantitative estimate of drug-likeness (QED) is 0.774. The number of ether oxygens (including phenoxy) is 1. The Balaban J connectivity index is 1.96. The lowest BCUT2D eigenvalue weighted by molar-refractivity contribution is 0.486. The Morgan fingerprint density at radius 2 is 1.76 bits per heavy atom. The molecule has 21 heavy (non-hydrogen) atoms. The van der Waals surface area contributed by atoms with Crippen LogP contribution >= 0.6 is 0 Å². The number of pyridine rings is 1. The molecule has 3 rings (SSSR count). The van der Waals surface area contributed by atoms with Gasteiger partial charge in [0.2, 0.25) is 0 Å². The van der Waals surface area contributed by atoms with Crippen molar-refractivity contribution in [2.24, 2.45) is 5.73 Å². The summed E-state index contributed by atoms with van der Waals surface area (Å²) in [6, 6.07) is 17.9. The molecule has 0 spiro atoms. The highest BCUT2D eigenvalue weighted by molar-refractivity contribution is 5.84. The highest BCUT2D eigenvalue weighted by Gasteiger charge is 2.06. The van der Waals surface area contributed by atoms with Gasteiger partial charge in [0, 0.05) is 17.1 Å². The van der Waals surface area contributed by atoms with Gasteiger partial charge in [0.15, 0.2) is 5.75 Å². The van der Waals surface area contributed by atoms with Crippen LogP contribution in [0.1, 0.15) is 24.2 Å². The summed E-state index contributed by atoms with van der Waals surface area (Å²) < 4.78 is 5.98. The maximum Gasteiger partial charge on any atom is 0.153 e. The Hall–Kier alpha value is -2.39. The molecular weight excluding hydrogens is 260 g/mol. The van der Waals surface area contributed by atoms with Gasteiger partial charge in [-0.05, 0) is 43.7 Å². The summed E-state index contributed by atoms with van der Waals surface area (Å²) in [5.41, 5.74) is 8.81. The topological polar surface area (TPSA) is 48.1 Å². The first-order valence-corrected chi connectivity index (χ1v) is 7.03. The van der Waals surface area contributed by atoms with Gasteiger partial charge in [0.1, 0.15) is 11.3 Å². The van der Waals surface area contributed by atoms with Crippen molar-refractivity contribution < 1.29 is 4.74 Å². The van der Waals surface area contributed by atoms with Crippen LogP contribution in [0.2, 0.25) is 0 Å². The van der Waals surface area contributed by atoms with E-state index in [0.29, 0.717) is 0 Å². The van der Waals surface area contributed by atoms with Crippen molar-refractivity contribution in [1.29, 1.82) is 0 Å². The van der Waals surface area contributed by atoms with E-state index >= 15 is 0 Å². The molecule has 0 radical (unpaired) electrons. The number of nitrogens with two attached hydrogens (primary N) is 1. The first-order valence-electron chi connectivity index (χ1n) is 7.03. The van der Waals surface area contributed by atoms with E-state index in [-0.39, 0.29) is 6.04 Å². The van der Waals surface area contributed by atoms with Crippen molar-refractivity contribution in [3.8, 4) is 11.5 Å². The van der Waals surface area contributed by atoms with Gasteiger partial charge in [0.25, 0.3) is 0 Å². The number of rotatable bonds is 3. The fraction of sp³-hybridized carbons (Fsp3) is 0.167. The van der Waals surface area contributed by atoms with E-state index in [2.05, 4.69) is 11.1 Å². The number of fused-ring (bicyclic) bond motifs is 1. The number of aromatic nitrogens is 1. The molecule has 3 heteroatoms. The van der Waals surface area contributed by atoms with Crippen LogP contribution in [0, 0.1) is 6.92 Å². The van der Waals surface area contributed by atoms with Gasteiger partial charge in [-0.3, -0.25) is 0 Å². The van der Waals surface area contributed by atoms with Crippen LogP contribution in [0.15, 0.2) is 54.6 Å². The van der Waals surface area contributed by atoms with E-state index in [0.717, 1.165) is 33.7 Å². The molecule has 0 aliphatic rings. The number of aryl methyl sites for hydroxylation is 1. The summed E-state index contributed by atoms with van der Waals surface area (Å²) in [6.07, 6.45) is 0. The summed E-state index contributed by atoms with van der Waals surface area (Å²) >= 11 is 0. The Kier molecular flexibility index (Phi) is 3.59. The standard InChI is InChI=1S/C18H18N2O/c1-12-6-7-15-4-3-5-17(18(15)20-12)21-16-10-8-14(9-11-16)13(2)19/h3-11,13H,19H2,1-2H3. The largest absolute Gasteiger partial charge is 0.455 e. The van der Waals surface area contributed by atoms with Crippen LogP contribution in [0.25, 0.3) is 10.9 Å². The minimum absolute atomic E-state index is 0.0286. The minimum Gasteiger partial charge on any atom is -0.455 e. The maximum atomic E-state index is 5.98. The number of para-hydroxylation sites is 1. The summed E-state index contributed by atoms with van der Waals surface area (Å²) in [6.45, 7) is 3.95. The van der Waals surface area contributed by atoms with Gasteiger partial charge in [-0.1, -0.05) is 30.3 Å². The van der Waals surface area contributed by atoms with E-state index in [1.807, 2.05) is 62.4 Å². The van der Waals surface area contributed by atoms with Crippen LogP contribution in [0.4, 0.5) is 0 Å². The minimum atomic E-state index is 0.0286. The summed E-state index contributed by atoms with van der Waals surface area (Å²) in [5.74, 6) is 1.56. The average molecular weight is 278 g/mol. The zero-order chi connectivity index (χ0) is 14.8. The molecule has 3 aromatic rings. The lowest BCUT2D eigenvalue weighted by atomic mass is 10.1. The van der Waals surface area contributed by atoms with E-state index < -0.39 is 0 Å². The Labute approximate surface area is 124 Å². The monoisotopic (exact) mass is 278 g/mol. The predicted molar refractivity (Wildman–Crippen MR) is 85.6 cm³/mol. The van der Waals surface area contributed by atoms with Crippen LogP contribution in [-0.2, 0) is 0 Å². The highest BCUT2D eigenvalue weighted by Crippen LogP contribution is 2.29. The van der Waals surface area contributed by atoms with Crippen LogP contribution in [0.5, 0.6) is 11.5 Å². The SMILES string of the molecule is Cc1ccc2cccc(Oc3ccc(C(C)N)cc3)c2n1. The zero-order valence-electron chi connectivity index (χ0n) is 12.2. The average Bonchev–Trinajstić information content (AvgIpc) is 2.48. The Morgan fingerprint density at radius 3 is 2.48 bits per heavy atom. The van der Waals surface area contributed by atoms with Gasteiger partial charge >= 0.3 is 0 Å². The van der Waals surface area contributed by atoms with Crippen molar-refractivity contribution in [3.63, 3.8) is 0 Å². The molecule has 1 aromatic heterocycles. The number of hydrogen-bond acceptors (Lipinski definition) is 3.